The summed E-state index contributed by atoms with van der Waals surface area (Å²) in [5.41, 5.74) is 11.4. The summed E-state index contributed by atoms with van der Waals surface area (Å²) >= 11 is 6.46. The maximum atomic E-state index is 6.46. The highest BCUT2D eigenvalue weighted by molar-refractivity contribution is 6.30. The Morgan fingerprint density at radius 1 is 1.33 bits per heavy atom. The van der Waals surface area contributed by atoms with Gasteiger partial charge < -0.3 is 16.0 Å². The van der Waals surface area contributed by atoms with Gasteiger partial charge in [0.05, 0.1) is 5.71 Å². The molecule has 160 valence electrons. The van der Waals surface area contributed by atoms with E-state index in [0.29, 0.717) is 5.92 Å². The van der Waals surface area contributed by atoms with E-state index in [0.717, 1.165) is 55.2 Å². The second-order valence-corrected chi connectivity index (χ2v) is 8.50. The number of allylic oxidation sites excluding steroid dienone is 3. The van der Waals surface area contributed by atoms with Crippen molar-refractivity contribution in [1.29, 1.82) is 0 Å². The molecule has 3 N–H and O–H groups in total. The number of hydrogen-bond donors (Lipinski definition) is 2. The van der Waals surface area contributed by atoms with Crippen molar-refractivity contribution in [2.24, 2.45) is 16.6 Å². The van der Waals surface area contributed by atoms with Gasteiger partial charge in [0, 0.05) is 43.1 Å². The van der Waals surface area contributed by atoms with E-state index in [1.54, 1.807) is 6.20 Å². The van der Waals surface area contributed by atoms with Crippen LogP contribution in [0.2, 0.25) is 5.02 Å². The van der Waals surface area contributed by atoms with E-state index in [9.17, 15) is 0 Å². The van der Waals surface area contributed by atoms with Crippen LogP contribution >= 0.6 is 11.6 Å². The van der Waals surface area contributed by atoms with E-state index in [2.05, 4.69) is 35.0 Å². The fourth-order valence-corrected chi connectivity index (χ4v) is 4.66. The minimum absolute atomic E-state index is 0.221. The predicted molar refractivity (Wildman–Crippen MR) is 130 cm³/mol. The van der Waals surface area contributed by atoms with E-state index in [-0.39, 0.29) is 5.92 Å². The third kappa shape index (κ3) is 5.24. The fourth-order valence-electron chi connectivity index (χ4n) is 4.48. The van der Waals surface area contributed by atoms with Crippen LogP contribution in [0.15, 0.2) is 66.1 Å². The first kappa shape index (κ1) is 22.4. The van der Waals surface area contributed by atoms with Crippen molar-refractivity contribution >= 4 is 22.9 Å². The summed E-state index contributed by atoms with van der Waals surface area (Å²) < 4.78 is 0. The number of nitrogens with two attached hydrogens (primary N) is 1. The van der Waals surface area contributed by atoms with Gasteiger partial charge in [-0.3, -0.25) is 4.99 Å². The summed E-state index contributed by atoms with van der Waals surface area (Å²) in [6.45, 7) is 9.38. The SMILES string of the molecule is C=C1C=C(CCN(C)/C=C\N)c2cc(Cl)ccc2C(C2CCNCC2)C1=N/C=C\C. The molecule has 4 nitrogen and oxygen atoms in total. The first-order valence-corrected chi connectivity index (χ1v) is 11.1. The van der Waals surface area contributed by atoms with E-state index < -0.39 is 0 Å². The van der Waals surface area contributed by atoms with Gasteiger partial charge in [0.25, 0.3) is 0 Å². The molecule has 1 fully saturated rings. The van der Waals surface area contributed by atoms with Gasteiger partial charge in [-0.1, -0.05) is 30.3 Å². The molecular formula is C25H33ClN4. The van der Waals surface area contributed by atoms with Crippen LogP contribution in [0.4, 0.5) is 0 Å². The van der Waals surface area contributed by atoms with Gasteiger partial charge in [-0.25, -0.2) is 0 Å². The van der Waals surface area contributed by atoms with Crippen molar-refractivity contribution in [3.8, 4) is 0 Å². The number of nitrogens with zero attached hydrogens (tertiary/aromatic N) is 2. The molecule has 3 rings (SSSR count). The minimum Gasteiger partial charge on any atom is -0.403 e. The Bertz CT molecular complexity index is 875. The molecule has 2 aliphatic rings. The third-order valence-corrected chi connectivity index (χ3v) is 6.20. The summed E-state index contributed by atoms with van der Waals surface area (Å²) in [7, 11) is 2.03. The molecule has 0 bridgehead atoms. The second-order valence-electron chi connectivity index (χ2n) is 8.06. The summed E-state index contributed by atoms with van der Waals surface area (Å²) in [6.07, 6.45) is 12.7. The van der Waals surface area contributed by atoms with Crippen molar-refractivity contribution in [3.63, 3.8) is 0 Å². The lowest BCUT2D eigenvalue weighted by Crippen LogP contribution is -2.34. The molecule has 0 aromatic heterocycles. The zero-order valence-electron chi connectivity index (χ0n) is 18.1. The normalized spacial score (nSPS) is 21.8. The van der Waals surface area contributed by atoms with Gasteiger partial charge in [0.1, 0.15) is 0 Å². The molecule has 1 aliphatic heterocycles. The van der Waals surface area contributed by atoms with E-state index in [1.807, 2.05) is 38.5 Å². The first-order valence-electron chi connectivity index (χ1n) is 10.7. The number of nitrogens with one attached hydrogen (secondary N) is 1. The zero-order chi connectivity index (χ0) is 21.5. The Balaban J connectivity index is 2.09. The zero-order valence-corrected chi connectivity index (χ0v) is 18.8. The minimum atomic E-state index is 0.221. The lowest BCUT2D eigenvalue weighted by molar-refractivity contribution is 0.357. The molecule has 1 atom stereocenters. The molecule has 0 radical (unpaired) electrons. The molecule has 30 heavy (non-hydrogen) atoms. The van der Waals surface area contributed by atoms with Gasteiger partial charge in [0.15, 0.2) is 0 Å². The summed E-state index contributed by atoms with van der Waals surface area (Å²) in [5.74, 6) is 0.751. The lowest BCUT2D eigenvalue weighted by Gasteiger charge is -2.32. The topological polar surface area (TPSA) is 53.6 Å². The molecule has 0 amide bonds. The quantitative estimate of drug-likeness (QED) is 0.667. The first-order chi connectivity index (χ1) is 14.5. The van der Waals surface area contributed by atoms with Crippen LogP contribution in [0.5, 0.6) is 0 Å². The summed E-state index contributed by atoms with van der Waals surface area (Å²) in [5, 5.41) is 4.26. The Morgan fingerprint density at radius 3 is 2.80 bits per heavy atom. The molecule has 1 heterocycles. The van der Waals surface area contributed by atoms with Crippen molar-refractivity contribution in [2.75, 3.05) is 26.7 Å². The highest BCUT2D eigenvalue weighted by atomic mass is 35.5. The van der Waals surface area contributed by atoms with E-state index >= 15 is 0 Å². The van der Waals surface area contributed by atoms with Crippen molar-refractivity contribution in [2.45, 2.75) is 32.1 Å². The standard InChI is InChI=1S/C25H33ClN4/c1-4-11-29-25-18(2)16-20(9-14-30(3)15-10-27)23-17-21(26)5-6-22(23)24(25)19-7-12-28-13-8-19/h4-6,10-11,15-17,19,24,28H,2,7-9,12-14,27H2,1,3H3/b11-4-,15-10-,29-25?. The number of fused-ring (bicyclic) bond motifs is 1. The van der Waals surface area contributed by atoms with Gasteiger partial charge in [0.2, 0.25) is 0 Å². The van der Waals surface area contributed by atoms with E-state index in [1.165, 1.54) is 16.7 Å². The Kier molecular flexibility index (Phi) is 7.94. The average molecular weight is 425 g/mol. The molecule has 0 spiro atoms. The van der Waals surface area contributed by atoms with E-state index in [4.69, 9.17) is 22.3 Å². The number of halogens is 1. The molecule has 1 unspecified atom stereocenters. The van der Waals surface area contributed by atoms with Crippen molar-refractivity contribution < 1.29 is 0 Å². The Hall–Kier alpha value is -2.30. The Morgan fingerprint density at radius 2 is 2.10 bits per heavy atom. The molecule has 1 aromatic carbocycles. The molecule has 5 heteroatoms. The van der Waals surface area contributed by atoms with Crippen LogP contribution in [0, 0.1) is 5.92 Å². The van der Waals surface area contributed by atoms with Crippen LogP contribution in [-0.2, 0) is 0 Å². The van der Waals surface area contributed by atoms with Crippen LogP contribution in [0.3, 0.4) is 0 Å². The van der Waals surface area contributed by atoms with Crippen molar-refractivity contribution in [1.82, 2.24) is 10.2 Å². The molecule has 1 aliphatic carbocycles. The number of aliphatic imine (C=N–C) groups is 1. The maximum Gasteiger partial charge on any atom is 0.0547 e. The monoisotopic (exact) mass is 424 g/mol. The number of piperidine rings is 1. The van der Waals surface area contributed by atoms with Gasteiger partial charge in [-0.15, -0.1) is 0 Å². The highest BCUT2D eigenvalue weighted by Crippen LogP contribution is 2.42. The number of hydrogen-bond acceptors (Lipinski definition) is 4. The summed E-state index contributed by atoms with van der Waals surface area (Å²) in [4.78, 5) is 6.98. The van der Waals surface area contributed by atoms with Crippen molar-refractivity contribution in [3.05, 3.63) is 77.3 Å². The lowest BCUT2D eigenvalue weighted by atomic mass is 9.75. The highest BCUT2D eigenvalue weighted by Gasteiger charge is 2.34. The average Bonchev–Trinajstić information content (AvgIpc) is 2.85. The van der Waals surface area contributed by atoms with Crippen LogP contribution in [0.1, 0.15) is 43.2 Å². The molecule has 0 saturated carbocycles. The van der Waals surface area contributed by atoms with Gasteiger partial charge in [-0.2, -0.15) is 0 Å². The van der Waals surface area contributed by atoms with Crippen LogP contribution in [-0.4, -0.2) is 37.3 Å². The Labute approximate surface area is 185 Å². The van der Waals surface area contributed by atoms with Crippen LogP contribution < -0.4 is 11.1 Å². The second kappa shape index (κ2) is 10.6. The molecule has 1 saturated heterocycles. The van der Waals surface area contributed by atoms with Gasteiger partial charge in [-0.05, 0) is 85.7 Å². The molecular weight excluding hydrogens is 392 g/mol. The number of rotatable bonds is 6. The predicted octanol–water partition coefficient (Wildman–Crippen LogP) is 5.10. The molecule has 1 aromatic rings. The largest absolute Gasteiger partial charge is 0.403 e. The smallest absolute Gasteiger partial charge is 0.0547 e. The third-order valence-electron chi connectivity index (χ3n) is 5.96. The van der Waals surface area contributed by atoms with Crippen LogP contribution in [0.25, 0.3) is 5.57 Å². The number of benzene rings is 1. The fraction of sp³-hybridized carbons (Fsp3) is 0.400. The summed E-state index contributed by atoms with van der Waals surface area (Å²) in [6, 6.07) is 6.32. The maximum absolute atomic E-state index is 6.46. The van der Waals surface area contributed by atoms with Gasteiger partial charge >= 0.3 is 0 Å².